The minimum absolute atomic E-state index is 0.200. The van der Waals surface area contributed by atoms with Gasteiger partial charge in [0.15, 0.2) is 11.5 Å². The molecule has 3 fully saturated rings. The molecule has 4 aliphatic rings. The standard InChI is InChI=1S/C19H24N2O3/c22-18(14-11-19(14)5-7-20-8-6-19)21-9-1-2-15(21)13-3-4-16-17(10-13)24-12-23-16/h3-4,10,14-15,20H,1-2,5-9,11-12H2. The molecule has 1 spiro atoms. The van der Waals surface area contributed by atoms with Gasteiger partial charge in [0.05, 0.1) is 6.04 Å². The highest BCUT2D eigenvalue weighted by molar-refractivity contribution is 5.83. The Bertz CT molecular complexity index is 669. The van der Waals surface area contributed by atoms with Crippen molar-refractivity contribution in [3.05, 3.63) is 23.8 Å². The summed E-state index contributed by atoms with van der Waals surface area (Å²) in [6.45, 7) is 3.32. The van der Waals surface area contributed by atoms with E-state index in [1.807, 2.05) is 6.07 Å². The monoisotopic (exact) mass is 328 g/mol. The van der Waals surface area contributed by atoms with Crippen LogP contribution in [0.15, 0.2) is 18.2 Å². The van der Waals surface area contributed by atoms with Crippen molar-refractivity contribution in [2.24, 2.45) is 11.3 Å². The van der Waals surface area contributed by atoms with Crippen LogP contribution in [-0.2, 0) is 4.79 Å². The number of benzene rings is 1. The minimum Gasteiger partial charge on any atom is -0.454 e. The summed E-state index contributed by atoms with van der Waals surface area (Å²) in [5, 5.41) is 3.42. The van der Waals surface area contributed by atoms with E-state index in [1.165, 1.54) is 5.56 Å². The predicted octanol–water partition coefficient (Wildman–Crippen LogP) is 2.47. The number of likely N-dealkylation sites (tertiary alicyclic amines) is 1. The summed E-state index contributed by atoms with van der Waals surface area (Å²) in [6, 6.07) is 6.33. The van der Waals surface area contributed by atoms with Gasteiger partial charge < -0.3 is 19.7 Å². The van der Waals surface area contributed by atoms with E-state index in [0.717, 1.165) is 63.2 Å². The van der Waals surface area contributed by atoms with Crippen molar-refractivity contribution in [2.45, 2.75) is 38.1 Å². The third kappa shape index (κ3) is 2.21. The first-order valence-electron chi connectivity index (χ1n) is 9.18. The number of rotatable bonds is 2. The van der Waals surface area contributed by atoms with E-state index < -0.39 is 0 Å². The van der Waals surface area contributed by atoms with Crippen molar-refractivity contribution >= 4 is 5.91 Å². The summed E-state index contributed by atoms with van der Waals surface area (Å²) in [5.41, 5.74) is 1.50. The van der Waals surface area contributed by atoms with E-state index in [-0.39, 0.29) is 12.0 Å². The summed E-state index contributed by atoms with van der Waals surface area (Å²) in [4.78, 5) is 15.3. The Hall–Kier alpha value is -1.75. The lowest BCUT2D eigenvalue weighted by molar-refractivity contribution is -0.134. The molecule has 1 saturated carbocycles. The summed E-state index contributed by atoms with van der Waals surface area (Å²) >= 11 is 0. The molecule has 1 aliphatic carbocycles. The second-order valence-electron chi connectivity index (χ2n) is 7.67. The Morgan fingerprint density at radius 1 is 1.21 bits per heavy atom. The van der Waals surface area contributed by atoms with Gasteiger partial charge in [0.25, 0.3) is 0 Å². The number of nitrogens with zero attached hydrogens (tertiary/aromatic N) is 1. The normalized spacial score (nSPS) is 29.9. The van der Waals surface area contributed by atoms with E-state index in [0.29, 0.717) is 18.1 Å². The molecule has 0 aromatic heterocycles. The second kappa shape index (κ2) is 5.38. The Balaban J connectivity index is 1.35. The Kier molecular flexibility index (Phi) is 3.27. The number of piperidine rings is 1. The van der Waals surface area contributed by atoms with E-state index in [2.05, 4.69) is 22.3 Å². The van der Waals surface area contributed by atoms with Crippen molar-refractivity contribution in [3.63, 3.8) is 0 Å². The summed E-state index contributed by atoms with van der Waals surface area (Å²) < 4.78 is 10.9. The number of ether oxygens (including phenoxy) is 2. The van der Waals surface area contributed by atoms with Crippen LogP contribution in [0, 0.1) is 11.3 Å². The number of carbonyl (C=O) groups is 1. The lowest BCUT2D eigenvalue weighted by Crippen LogP contribution is -2.36. The Morgan fingerprint density at radius 2 is 2.04 bits per heavy atom. The predicted molar refractivity (Wildman–Crippen MR) is 88.9 cm³/mol. The van der Waals surface area contributed by atoms with Gasteiger partial charge in [-0.05, 0) is 68.3 Å². The van der Waals surface area contributed by atoms with Crippen LogP contribution in [0.1, 0.15) is 43.7 Å². The van der Waals surface area contributed by atoms with E-state index in [1.54, 1.807) is 0 Å². The quantitative estimate of drug-likeness (QED) is 0.906. The third-order valence-electron chi connectivity index (χ3n) is 6.40. The van der Waals surface area contributed by atoms with Crippen LogP contribution in [0.25, 0.3) is 0 Å². The lowest BCUT2D eigenvalue weighted by atomic mass is 9.91. The topological polar surface area (TPSA) is 50.8 Å². The minimum atomic E-state index is 0.200. The number of hydrogen-bond acceptors (Lipinski definition) is 4. The van der Waals surface area contributed by atoms with Crippen LogP contribution in [0.4, 0.5) is 0 Å². The van der Waals surface area contributed by atoms with Crippen molar-refractivity contribution in [2.75, 3.05) is 26.4 Å². The van der Waals surface area contributed by atoms with Crippen molar-refractivity contribution in [1.82, 2.24) is 10.2 Å². The maximum absolute atomic E-state index is 13.1. The van der Waals surface area contributed by atoms with Gasteiger partial charge in [-0.3, -0.25) is 4.79 Å². The van der Waals surface area contributed by atoms with Gasteiger partial charge in [0, 0.05) is 12.5 Å². The van der Waals surface area contributed by atoms with Crippen LogP contribution in [0.3, 0.4) is 0 Å². The van der Waals surface area contributed by atoms with Crippen LogP contribution >= 0.6 is 0 Å². The molecule has 2 unspecified atom stereocenters. The fraction of sp³-hybridized carbons (Fsp3) is 0.632. The zero-order chi connectivity index (χ0) is 16.1. The molecule has 3 aliphatic heterocycles. The molecule has 5 nitrogen and oxygen atoms in total. The molecule has 1 amide bonds. The first-order valence-corrected chi connectivity index (χ1v) is 9.18. The molecule has 2 atom stereocenters. The maximum atomic E-state index is 13.1. The molecule has 5 heteroatoms. The highest BCUT2D eigenvalue weighted by atomic mass is 16.7. The second-order valence-corrected chi connectivity index (χ2v) is 7.67. The Labute approximate surface area is 142 Å². The number of amides is 1. The van der Waals surface area contributed by atoms with E-state index in [9.17, 15) is 4.79 Å². The highest BCUT2D eigenvalue weighted by Crippen LogP contribution is 2.60. The first kappa shape index (κ1) is 14.6. The zero-order valence-electron chi connectivity index (χ0n) is 13.9. The van der Waals surface area contributed by atoms with Crippen LogP contribution < -0.4 is 14.8 Å². The molecule has 1 aromatic rings. The number of nitrogens with one attached hydrogen (secondary N) is 1. The molecule has 5 rings (SSSR count). The van der Waals surface area contributed by atoms with Gasteiger partial charge in [-0.15, -0.1) is 0 Å². The fourth-order valence-electron chi connectivity index (χ4n) is 4.87. The van der Waals surface area contributed by atoms with Gasteiger partial charge in [0.2, 0.25) is 12.7 Å². The van der Waals surface area contributed by atoms with E-state index >= 15 is 0 Å². The van der Waals surface area contributed by atoms with Gasteiger partial charge in [-0.1, -0.05) is 6.07 Å². The average Bonchev–Trinajstić information content (AvgIpc) is 3.01. The van der Waals surface area contributed by atoms with Crippen molar-refractivity contribution in [1.29, 1.82) is 0 Å². The number of carbonyl (C=O) groups excluding carboxylic acids is 1. The zero-order valence-corrected chi connectivity index (χ0v) is 13.9. The molecule has 3 heterocycles. The van der Waals surface area contributed by atoms with Crippen LogP contribution in [0.2, 0.25) is 0 Å². The molecule has 2 saturated heterocycles. The smallest absolute Gasteiger partial charge is 0.231 e. The highest BCUT2D eigenvalue weighted by Gasteiger charge is 2.59. The summed E-state index contributed by atoms with van der Waals surface area (Å²) in [7, 11) is 0. The van der Waals surface area contributed by atoms with Crippen LogP contribution in [0.5, 0.6) is 11.5 Å². The molecular formula is C19H24N2O3. The SMILES string of the molecule is O=C(C1CC12CCNCC2)N1CCCC1c1ccc2c(c1)OCO2. The fourth-order valence-corrected chi connectivity index (χ4v) is 4.87. The molecule has 24 heavy (non-hydrogen) atoms. The maximum Gasteiger partial charge on any atom is 0.231 e. The van der Waals surface area contributed by atoms with Gasteiger partial charge in [0.1, 0.15) is 0 Å². The van der Waals surface area contributed by atoms with Gasteiger partial charge >= 0.3 is 0 Å². The van der Waals surface area contributed by atoms with Crippen molar-refractivity contribution in [3.8, 4) is 11.5 Å². The number of fused-ring (bicyclic) bond motifs is 1. The lowest BCUT2D eigenvalue weighted by Gasteiger charge is -2.28. The van der Waals surface area contributed by atoms with Gasteiger partial charge in [-0.2, -0.15) is 0 Å². The molecule has 1 aromatic carbocycles. The van der Waals surface area contributed by atoms with Gasteiger partial charge in [-0.25, -0.2) is 0 Å². The average molecular weight is 328 g/mol. The molecule has 1 N–H and O–H groups in total. The molecular weight excluding hydrogens is 304 g/mol. The summed E-state index contributed by atoms with van der Waals surface area (Å²) in [6.07, 6.45) is 5.55. The van der Waals surface area contributed by atoms with E-state index in [4.69, 9.17) is 9.47 Å². The summed E-state index contributed by atoms with van der Waals surface area (Å²) in [5.74, 6) is 2.27. The number of hydrogen-bond donors (Lipinski definition) is 1. The Morgan fingerprint density at radius 3 is 2.92 bits per heavy atom. The van der Waals surface area contributed by atoms with Crippen molar-refractivity contribution < 1.29 is 14.3 Å². The first-order chi connectivity index (χ1) is 11.8. The molecule has 128 valence electrons. The molecule has 0 bridgehead atoms. The third-order valence-corrected chi connectivity index (χ3v) is 6.40. The van der Waals surface area contributed by atoms with Crippen LogP contribution in [-0.4, -0.2) is 37.2 Å². The largest absolute Gasteiger partial charge is 0.454 e. The molecule has 0 radical (unpaired) electrons.